The Balaban J connectivity index is 1.47. The summed E-state index contributed by atoms with van der Waals surface area (Å²) in [4.78, 5) is 25.3. The molecule has 3 aromatic rings. The minimum Gasteiger partial charge on any atom is -0.433 e. The molecule has 1 amide bonds. The number of ether oxygens (including phenoxy) is 1. The molecule has 1 aliphatic rings. The van der Waals surface area contributed by atoms with Crippen LogP contribution in [0, 0.1) is 13.8 Å². The van der Waals surface area contributed by atoms with Crippen molar-refractivity contribution in [3.63, 3.8) is 0 Å². The zero-order valence-electron chi connectivity index (χ0n) is 19.9. The molecule has 35 heavy (non-hydrogen) atoms. The first-order valence-corrected chi connectivity index (χ1v) is 11.3. The Morgan fingerprint density at radius 2 is 1.69 bits per heavy atom. The van der Waals surface area contributed by atoms with Gasteiger partial charge in [0.05, 0.1) is 11.3 Å². The molecule has 1 saturated heterocycles. The van der Waals surface area contributed by atoms with E-state index in [0.717, 1.165) is 43.0 Å². The summed E-state index contributed by atoms with van der Waals surface area (Å²) in [6.45, 7) is 4.02. The molecule has 0 saturated carbocycles. The van der Waals surface area contributed by atoms with Gasteiger partial charge in [-0.25, -0.2) is 9.97 Å². The Morgan fingerprint density at radius 1 is 1.03 bits per heavy atom. The third-order valence-corrected chi connectivity index (χ3v) is 5.91. The molecule has 0 radical (unpaired) electrons. The summed E-state index contributed by atoms with van der Waals surface area (Å²) >= 11 is 0. The highest BCUT2D eigenvalue weighted by molar-refractivity contribution is 6.04. The first-order valence-electron chi connectivity index (χ1n) is 11.3. The second-order valence-electron chi connectivity index (χ2n) is 8.49. The maximum absolute atomic E-state index is 13.1. The molecule has 8 nitrogen and oxygen atoms in total. The Kier molecular flexibility index (Phi) is 7.40. The molecular weight excluding hydrogens is 454 g/mol. The summed E-state index contributed by atoms with van der Waals surface area (Å²) in [6, 6.07) is 10.8. The van der Waals surface area contributed by atoms with Gasteiger partial charge in [-0.15, -0.1) is 0 Å². The molecule has 0 bridgehead atoms. The van der Waals surface area contributed by atoms with Crippen molar-refractivity contribution < 1.29 is 18.3 Å². The maximum atomic E-state index is 13.1. The lowest BCUT2D eigenvalue weighted by Gasteiger charge is -2.34. The monoisotopic (exact) mass is 482 g/mol. The minimum absolute atomic E-state index is 0.0825. The van der Waals surface area contributed by atoms with Gasteiger partial charge in [-0.1, -0.05) is 18.2 Å². The number of hydrogen-bond donors (Lipinski definition) is 2. The average Bonchev–Trinajstić information content (AvgIpc) is 2.82. The van der Waals surface area contributed by atoms with Crippen molar-refractivity contribution in [3.8, 4) is 5.75 Å². The van der Waals surface area contributed by atoms with Gasteiger partial charge in [0.25, 0.3) is 5.91 Å². The Morgan fingerprint density at radius 3 is 2.31 bits per heavy atom. The molecule has 10 heteroatoms. The Hall–Kier alpha value is -3.79. The fraction of sp³-hybridized carbons (Fsp3) is 0.320. The van der Waals surface area contributed by atoms with Crippen LogP contribution in [0.1, 0.15) is 21.5 Å². The predicted octanol–water partition coefficient (Wildman–Crippen LogP) is 4.44. The third kappa shape index (κ3) is 6.02. The lowest BCUT2D eigenvalue weighted by atomic mass is 10.1. The Labute approximate surface area is 202 Å². The van der Waals surface area contributed by atoms with Crippen molar-refractivity contribution >= 4 is 28.9 Å². The molecule has 1 aliphatic heterocycles. The number of aryl methyl sites for hydroxylation is 2. The highest BCUT2D eigenvalue weighted by Gasteiger charge is 2.20. The molecule has 0 unspecified atom stereocenters. The number of likely N-dealkylation sites (N-methyl/N-ethyl adjacent to an activating group) is 1. The number of alkyl halides is 2. The minimum atomic E-state index is -2.94. The maximum Gasteiger partial charge on any atom is 0.387 e. The number of piperazine rings is 1. The molecule has 0 spiro atoms. The molecule has 4 rings (SSSR count). The summed E-state index contributed by atoms with van der Waals surface area (Å²) < 4.78 is 31.0. The molecule has 2 N–H and O–H groups in total. The van der Waals surface area contributed by atoms with E-state index in [1.165, 1.54) is 18.5 Å². The molecule has 1 fully saturated rings. The van der Waals surface area contributed by atoms with E-state index < -0.39 is 6.61 Å². The van der Waals surface area contributed by atoms with Crippen LogP contribution in [0.4, 0.5) is 31.8 Å². The molecule has 2 heterocycles. The van der Waals surface area contributed by atoms with E-state index in [1.807, 2.05) is 44.0 Å². The lowest BCUT2D eigenvalue weighted by Crippen LogP contribution is -2.44. The fourth-order valence-electron chi connectivity index (χ4n) is 3.93. The SMILES string of the molecule is Cc1cccc(C)c1NC(=O)c1cnc(Nc2ccc(N3CCN(C)CC3)c(OC(F)F)c2)nc1. The zero-order chi connectivity index (χ0) is 24.9. The van der Waals surface area contributed by atoms with Crippen LogP contribution < -0.4 is 20.3 Å². The van der Waals surface area contributed by atoms with Crippen LogP contribution in [-0.2, 0) is 0 Å². The van der Waals surface area contributed by atoms with Crippen LogP contribution in [0.25, 0.3) is 0 Å². The van der Waals surface area contributed by atoms with Gasteiger partial charge in [-0.2, -0.15) is 8.78 Å². The summed E-state index contributed by atoms with van der Waals surface area (Å²) in [5.41, 5.74) is 4.07. The number of hydrogen-bond acceptors (Lipinski definition) is 7. The van der Waals surface area contributed by atoms with E-state index in [0.29, 0.717) is 16.9 Å². The van der Waals surface area contributed by atoms with Crippen LogP contribution >= 0.6 is 0 Å². The normalized spacial score (nSPS) is 14.2. The number of aromatic nitrogens is 2. The van der Waals surface area contributed by atoms with Gasteiger partial charge in [0.1, 0.15) is 0 Å². The highest BCUT2D eigenvalue weighted by atomic mass is 19.3. The second kappa shape index (κ2) is 10.6. The fourth-order valence-corrected chi connectivity index (χ4v) is 3.93. The van der Waals surface area contributed by atoms with E-state index in [1.54, 1.807) is 12.1 Å². The quantitative estimate of drug-likeness (QED) is 0.515. The number of halogens is 2. The van der Waals surface area contributed by atoms with Crippen molar-refractivity contribution in [1.29, 1.82) is 0 Å². The summed E-state index contributed by atoms with van der Waals surface area (Å²) in [6.07, 6.45) is 2.82. The number of nitrogens with zero attached hydrogens (tertiary/aromatic N) is 4. The number of nitrogens with one attached hydrogen (secondary N) is 2. The van der Waals surface area contributed by atoms with E-state index in [4.69, 9.17) is 4.74 Å². The number of rotatable bonds is 7. The average molecular weight is 483 g/mol. The van der Waals surface area contributed by atoms with E-state index in [2.05, 4.69) is 25.5 Å². The van der Waals surface area contributed by atoms with Crippen molar-refractivity contribution in [2.45, 2.75) is 20.5 Å². The van der Waals surface area contributed by atoms with Crippen molar-refractivity contribution in [2.24, 2.45) is 0 Å². The van der Waals surface area contributed by atoms with Crippen molar-refractivity contribution in [3.05, 3.63) is 65.5 Å². The number of benzene rings is 2. The summed E-state index contributed by atoms with van der Waals surface area (Å²) in [5.74, 6) is -0.0128. The Bertz CT molecular complexity index is 1160. The molecule has 0 atom stereocenters. The van der Waals surface area contributed by atoms with Gasteiger partial charge >= 0.3 is 6.61 Å². The van der Waals surface area contributed by atoms with Gasteiger partial charge in [0.2, 0.25) is 5.95 Å². The number of carbonyl (C=O) groups excluding carboxylic acids is 1. The van der Waals surface area contributed by atoms with Gasteiger partial charge in [-0.3, -0.25) is 4.79 Å². The second-order valence-corrected chi connectivity index (χ2v) is 8.49. The first kappa shape index (κ1) is 24.3. The summed E-state index contributed by atoms with van der Waals surface area (Å²) in [7, 11) is 2.03. The number of carbonyl (C=O) groups is 1. The largest absolute Gasteiger partial charge is 0.433 e. The third-order valence-electron chi connectivity index (χ3n) is 5.91. The van der Waals surface area contributed by atoms with Gasteiger partial charge in [0, 0.05) is 56.0 Å². The molecule has 184 valence electrons. The lowest BCUT2D eigenvalue weighted by molar-refractivity contribution is -0.0495. The van der Waals surface area contributed by atoms with Gasteiger partial charge in [-0.05, 0) is 44.2 Å². The van der Waals surface area contributed by atoms with Gasteiger partial charge < -0.3 is 25.2 Å². The molecular formula is C25H28F2N6O2. The van der Waals surface area contributed by atoms with E-state index in [-0.39, 0.29) is 17.6 Å². The molecule has 1 aromatic heterocycles. The van der Waals surface area contributed by atoms with Crippen LogP contribution in [0.5, 0.6) is 5.75 Å². The van der Waals surface area contributed by atoms with Crippen LogP contribution in [0.3, 0.4) is 0 Å². The van der Waals surface area contributed by atoms with E-state index in [9.17, 15) is 13.6 Å². The van der Waals surface area contributed by atoms with Gasteiger partial charge in [0.15, 0.2) is 5.75 Å². The zero-order valence-corrected chi connectivity index (χ0v) is 19.9. The molecule has 2 aromatic carbocycles. The number of anilines is 4. The van der Waals surface area contributed by atoms with Crippen LogP contribution in [-0.4, -0.2) is 60.6 Å². The highest BCUT2D eigenvalue weighted by Crippen LogP contribution is 2.34. The predicted molar refractivity (Wildman–Crippen MR) is 132 cm³/mol. The summed E-state index contributed by atoms with van der Waals surface area (Å²) in [5, 5.41) is 5.88. The standard InChI is InChI=1S/C25H28F2N6O2/c1-16-5-4-6-17(2)22(16)31-23(34)18-14-28-25(29-15-18)30-19-7-8-20(21(13-19)35-24(26)27)33-11-9-32(3)10-12-33/h4-8,13-15,24H,9-12H2,1-3H3,(H,31,34)(H,28,29,30). The first-order chi connectivity index (χ1) is 16.8. The van der Waals surface area contributed by atoms with Crippen molar-refractivity contribution in [2.75, 3.05) is 48.8 Å². The van der Waals surface area contributed by atoms with E-state index >= 15 is 0 Å². The topological polar surface area (TPSA) is 82.6 Å². The van der Waals surface area contributed by atoms with Crippen LogP contribution in [0.15, 0.2) is 48.8 Å². The van der Waals surface area contributed by atoms with Crippen LogP contribution in [0.2, 0.25) is 0 Å². The number of amides is 1. The molecule has 0 aliphatic carbocycles. The number of para-hydroxylation sites is 1. The van der Waals surface area contributed by atoms with Crippen molar-refractivity contribution in [1.82, 2.24) is 14.9 Å². The smallest absolute Gasteiger partial charge is 0.387 e.